The Morgan fingerprint density at radius 1 is 1.16 bits per heavy atom. The predicted octanol–water partition coefficient (Wildman–Crippen LogP) is 4.43. The van der Waals surface area contributed by atoms with E-state index >= 15 is 0 Å². The highest BCUT2D eigenvalue weighted by Gasteiger charge is 2.10. The summed E-state index contributed by atoms with van der Waals surface area (Å²) in [4.78, 5) is 15.1. The van der Waals surface area contributed by atoms with Crippen LogP contribution in [-0.4, -0.2) is 11.6 Å². The van der Waals surface area contributed by atoms with E-state index in [1.165, 1.54) is 0 Å². The van der Waals surface area contributed by atoms with Gasteiger partial charge in [0.05, 0.1) is 18.1 Å². The van der Waals surface area contributed by atoms with Gasteiger partial charge < -0.3 is 9.72 Å². The number of hydrogen-bond donors (Lipinski definition) is 1. The molecular formula is C21H20N2O2. The number of benzene rings is 2. The van der Waals surface area contributed by atoms with E-state index in [4.69, 9.17) is 10.00 Å². The number of nitriles is 1. The van der Waals surface area contributed by atoms with Crippen molar-refractivity contribution >= 4 is 10.8 Å². The van der Waals surface area contributed by atoms with Gasteiger partial charge in [-0.25, -0.2) is 0 Å². The van der Waals surface area contributed by atoms with Gasteiger partial charge in [0.1, 0.15) is 5.75 Å². The van der Waals surface area contributed by atoms with E-state index in [9.17, 15) is 4.79 Å². The zero-order chi connectivity index (χ0) is 17.8. The summed E-state index contributed by atoms with van der Waals surface area (Å²) in [7, 11) is 0. The average molecular weight is 332 g/mol. The summed E-state index contributed by atoms with van der Waals surface area (Å²) in [6.45, 7) is 4.37. The Balaban J connectivity index is 1.98. The summed E-state index contributed by atoms with van der Waals surface area (Å²) >= 11 is 0. The molecule has 0 amide bonds. The van der Waals surface area contributed by atoms with Crippen LogP contribution in [0.5, 0.6) is 5.75 Å². The molecular weight excluding hydrogens is 312 g/mol. The molecule has 1 N–H and O–H groups in total. The van der Waals surface area contributed by atoms with Crippen LogP contribution >= 0.6 is 0 Å². The first kappa shape index (κ1) is 16.8. The molecule has 126 valence electrons. The molecule has 0 aliphatic heterocycles. The van der Waals surface area contributed by atoms with Crippen LogP contribution in [0.4, 0.5) is 0 Å². The minimum atomic E-state index is -0.136. The highest BCUT2D eigenvalue weighted by Crippen LogP contribution is 2.30. The van der Waals surface area contributed by atoms with Crippen molar-refractivity contribution in [3.8, 4) is 22.9 Å². The second kappa shape index (κ2) is 7.23. The first-order valence-corrected chi connectivity index (χ1v) is 8.34. The van der Waals surface area contributed by atoms with Gasteiger partial charge in [0.15, 0.2) is 0 Å². The van der Waals surface area contributed by atoms with E-state index in [1.807, 2.05) is 31.2 Å². The van der Waals surface area contributed by atoms with E-state index in [0.29, 0.717) is 24.2 Å². The smallest absolute Gasteiger partial charge is 0.255 e. The van der Waals surface area contributed by atoms with Crippen LogP contribution in [0.25, 0.3) is 21.9 Å². The second-order valence-electron chi connectivity index (χ2n) is 6.22. The standard InChI is InChI=1S/C21H20N2O2/c1-14(12-22)9-10-25-16-7-8-18-19(11-16)21(24)23-13-20(18)17-6-4-3-5-15(17)2/h3-8,11,13-14H,9-10H2,1-2H3,(H,23,24). The number of pyridine rings is 1. The minimum Gasteiger partial charge on any atom is -0.494 e. The van der Waals surface area contributed by atoms with E-state index in [2.05, 4.69) is 30.1 Å². The molecule has 1 aromatic heterocycles. The van der Waals surface area contributed by atoms with Crippen molar-refractivity contribution in [1.29, 1.82) is 5.26 Å². The van der Waals surface area contributed by atoms with Gasteiger partial charge in [-0.05, 0) is 55.0 Å². The molecule has 0 aliphatic carbocycles. The molecule has 0 aliphatic rings. The van der Waals surface area contributed by atoms with Crippen molar-refractivity contribution in [3.63, 3.8) is 0 Å². The monoisotopic (exact) mass is 332 g/mol. The van der Waals surface area contributed by atoms with Gasteiger partial charge in [0, 0.05) is 17.7 Å². The van der Waals surface area contributed by atoms with Crippen LogP contribution in [0.2, 0.25) is 0 Å². The Bertz CT molecular complexity index is 999. The van der Waals surface area contributed by atoms with Gasteiger partial charge in [-0.15, -0.1) is 0 Å². The van der Waals surface area contributed by atoms with Crippen LogP contribution in [0.3, 0.4) is 0 Å². The lowest BCUT2D eigenvalue weighted by atomic mass is 9.97. The first-order chi connectivity index (χ1) is 12.1. The van der Waals surface area contributed by atoms with Crippen LogP contribution in [-0.2, 0) is 0 Å². The molecule has 3 rings (SSSR count). The summed E-state index contributed by atoms with van der Waals surface area (Å²) in [5, 5.41) is 10.3. The summed E-state index contributed by atoms with van der Waals surface area (Å²) in [5.41, 5.74) is 3.11. The van der Waals surface area contributed by atoms with Crippen molar-refractivity contribution in [2.24, 2.45) is 5.92 Å². The van der Waals surface area contributed by atoms with Crippen molar-refractivity contribution < 1.29 is 4.74 Å². The molecule has 0 spiro atoms. The third-order valence-corrected chi connectivity index (χ3v) is 4.35. The molecule has 4 heteroatoms. The number of aromatic nitrogens is 1. The molecule has 0 bridgehead atoms. The van der Waals surface area contributed by atoms with Crippen LogP contribution in [0, 0.1) is 24.2 Å². The number of aromatic amines is 1. The van der Waals surface area contributed by atoms with Crippen LogP contribution in [0.1, 0.15) is 18.9 Å². The molecule has 1 heterocycles. The fourth-order valence-corrected chi connectivity index (χ4v) is 2.85. The zero-order valence-electron chi connectivity index (χ0n) is 14.4. The third kappa shape index (κ3) is 3.56. The number of rotatable bonds is 5. The number of aryl methyl sites for hydroxylation is 1. The number of fused-ring (bicyclic) bond motifs is 1. The summed E-state index contributed by atoms with van der Waals surface area (Å²) in [6.07, 6.45) is 2.43. The highest BCUT2D eigenvalue weighted by atomic mass is 16.5. The van der Waals surface area contributed by atoms with Gasteiger partial charge in [-0.3, -0.25) is 4.79 Å². The number of hydrogen-bond acceptors (Lipinski definition) is 3. The Hall–Kier alpha value is -3.06. The molecule has 1 atom stereocenters. The van der Waals surface area contributed by atoms with Gasteiger partial charge in [-0.2, -0.15) is 5.26 Å². The van der Waals surface area contributed by atoms with Crippen molar-refractivity contribution in [1.82, 2.24) is 4.98 Å². The largest absolute Gasteiger partial charge is 0.494 e. The number of nitrogens with one attached hydrogen (secondary N) is 1. The zero-order valence-corrected chi connectivity index (χ0v) is 14.4. The molecule has 0 saturated carbocycles. The van der Waals surface area contributed by atoms with Crippen molar-refractivity contribution in [2.75, 3.05) is 6.61 Å². The predicted molar refractivity (Wildman–Crippen MR) is 99.6 cm³/mol. The number of H-pyrrole nitrogens is 1. The number of ether oxygens (including phenoxy) is 1. The molecule has 4 nitrogen and oxygen atoms in total. The molecule has 2 aromatic carbocycles. The van der Waals surface area contributed by atoms with E-state index < -0.39 is 0 Å². The van der Waals surface area contributed by atoms with Crippen molar-refractivity contribution in [3.05, 3.63) is 64.6 Å². The quantitative estimate of drug-likeness (QED) is 0.751. The lowest BCUT2D eigenvalue weighted by Gasteiger charge is -2.11. The van der Waals surface area contributed by atoms with Gasteiger partial charge in [0.25, 0.3) is 5.56 Å². The number of nitrogens with zero attached hydrogens (tertiary/aromatic N) is 1. The molecule has 1 unspecified atom stereocenters. The summed E-state index contributed by atoms with van der Waals surface area (Å²) in [5.74, 6) is 0.599. The molecule has 0 radical (unpaired) electrons. The molecule has 25 heavy (non-hydrogen) atoms. The Morgan fingerprint density at radius 2 is 1.96 bits per heavy atom. The SMILES string of the molecule is Cc1ccccc1-c1c[nH]c(=O)c2cc(OCCC(C)C#N)ccc12. The Kier molecular flexibility index (Phi) is 4.85. The van der Waals surface area contributed by atoms with E-state index in [1.54, 1.807) is 12.3 Å². The molecule has 0 saturated heterocycles. The maximum Gasteiger partial charge on any atom is 0.255 e. The van der Waals surface area contributed by atoms with Crippen molar-refractivity contribution in [2.45, 2.75) is 20.3 Å². The van der Waals surface area contributed by atoms with Gasteiger partial charge in [-0.1, -0.05) is 24.3 Å². The van der Waals surface area contributed by atoms with Crippen LogP contribution in [0.15, 0.2) is 53.5 Å². The molecule has 3 aromatic rings. The lowest BCUT2D eigenvalue weighted by Crippen LogP contribution is -2.07. The van der Waals surface area contributed by atoms with E-state index in [0.717, 1.165) is 22.1 Å². The Labute approximate surface area is 146 Å². The third-order valence-electron chi connectivity index (χ3n) is 4.35. The minimum absolute atomic E-state index is 0.0449. The highest BCUT2D eigenvalue weighted by molar-refractivity contribution is 5.96. The maximum atomic E-state index is 12.3. The maximum absolute atomic E-state index is 12.3. The van der Waals surface area contributed by atoms with Crippen LogP contribution < -0.4 is 10.3 Å². The Morgan fingerprint density at radius 3 is 2.72 bits per heavy atom. The van der Waals surface area contributed by atoms with Gasteiger partial charge in [0.2, 0.25) is 0 Å². The van der Waals surface area contributed by atoms with Gasteiger partial charge >= 0.3 is 0 Å². The molecule has 0 fully saturated rings. The topological polar surface area (TPSA) is 65.9 Å². The normalized spacial score (nSPS) is 11.9. The van der Waals surface area contributed by atoms with E-state index in [-0.39, 0.29) is 11.5 Å². The average Bonchev–Trinajstić information content (AvgIpc) is 2.63. The lowest BCUT2D eigenvalue weighted by molar-refractivity contribution is 0.298. The fraction of sp³-hybridized carbons (Fsp3) is 0.238. The summed E-state index contributed by atoms with van der Waals surface area (Å²) in [6, 6.07) is 15.9. The first-order valence-electron chi connectivity index (χ1n) is 8.34. The fourth-order valence-electron chi connectivity index (χ4n) is 2.85. The summed E-state index contributed by atoms with van der Waals surface area (Å²) < 4.78 is 5.71. The second-order valence-corrected chi connectivity index (χ2v) is 6.22.